The quantitative estimate of drug-likeness (QED) is 0.348. The highest BCUT2D eigenvalue weighted by molar-refractivity contribution is 7.98. The summed E-state index contributed by atoms with van der Waals surface area (Å²) in [4.78, 5) is 6.82. The van der Waals surface area contributed by atoms with Crippen LogP contribution in [0.3, 0.4) is 0 Å². The zero-order chi connectivity index (χ0) is 18.4. The minimum Gasteiger partial charge on any atom is -0.356 e. The minimum absolute atomic E-state index is 0.388. The predicted octanol–water partition coefficient (Wildman–Crippen LogP) is 2.90. The summed E-state index contributed by atoms with van der Waals surface area (Å²) >= 11 is 1.67. The SMILES string of the molecule is CN=C(NCCCc1nnc(SC)n1CC(C)C)N1CCC(C)(C)C1. The van der Waals surface area contributed by atoms with Gasteiger partial charge in [0, 0.05) is 39.6 Å². The number of guanidine groups is 1. The van der Waals surface area contributed by atoms with E-state index in [9.17, 15) is 0 Å². The van der Waals surface area contributed by atoms with Gasteiger partial charge in [-0.15, -0.1) is 10.2 Å². The number of nitrogens with one attached hydrogen (secondary N) is 1. The molecule has 25 heavy (non-hydrogen) atoms. The Labute approximate surface area is 156 Å². The van der Waals surface area contributed by atoms with Crippen molar-refractivity contribution in [2.24, 2.45) is 16.3 Å². The maximum Gasteiger partial charge on any atom is 0.193 e. The molecule has 2 rings (SSSR count). The molecule has 1 N–H and O–H groups in total. The van der Waals surface area contributed by atoms with Gasteiger partial charge in [0.15, 0.2) is 11.1 Å². The van der Waals surface area contributed by atoms with Crippen LogP contribution in [0.4, 0.5) is 0 Å². The van der Waals surface area contributed by atoms with E-state index in [4.69, 9.17) is 0 Å². The van der Waals surface area contributed by atoms with Gasteiger partial charge in [-0.1, -0.05) is 39.5 Å². The topological polar surface area (TPSA) is 58.3 Å². The maximum atomic E-state index is 4.45. The van der Waals surface area contributed by atoms with Crippen LogP contribution >= 0.6 is 11.8 Å². The summed E-state index contributed by atoms with van der Waals surface area (Å²) in [6.45, 7) is 13.2. The van der Waals surface area contributed by atoms with Crippen LogP contribution in [-0.2, 0) is 13.0 Å². The van der Waals surface area contributed by atoms with Gasteiger partial charge in [0.2, 0.25) is 0 Å². The van der Waals surface area contributed by atoms with E-state index in [1.165, 1.54) is 6.42 Å². The molecule has 2 heterocycles. The molecule has 142 valence electrons. The van der Waals surface area contributed by atoms with Gasteiger partial charge in [-0.05, 0) is 30.4 Å². The largest absolute Gasteiger partial charge is 0.356 e. The van der Waals surface area contributed by atoms with Gasteiger partial charge in [-0.3, -0.25) is 4.99 Å². The first kappa shape index (κ1) is 20.1. The molecule has 0 unspecified atom stereocenters. The Morgan fingerprint density at radius 1 is 1.36 bits per heavy atom. The highest BCUT2D eigenvalue weighted by atomic mass is 32.2. The van der Waals surface area contributed by atoms with Gasteiger partial charge in [-0.25, -0.2) is 0 Å². The molecule has 0 bridgehead atoms. The van der Waals surface area contributed by atoms with Crippen molar-refractivity contribution >= 4 is 17.7 Å². The van der Waals surface area contributed by atoms with Crippen molar-refractivity contribution < 1.29 is 0 Å². The second-order valence-corrected chi connectivity index (χ2v) is 8.79. The van der Waals surface area contributed by atoms with Crippen molar-refractivity contribution in [3.63, 3.8) is 0 Å². The second-order valence-electron chi connectivity index (χ2n) is 8.02. The van der Waals surface area contributed by atoms with Crippen LogP contribution in [0.15, 0.2) is 10.1 Å². The molecule has 1 aliphatic heterocycles. The van der Waals surface area contributed by atoms with Crippen molar-refractivity contribution in [1.29, 1.82) is 0 Å². The first-order chi connectivity index (χ1) is 11.9. The summed E-state index contributed by atoms with van der Waals surface area (Å²) in [6, 6.07) is 0. The molecule has 1 saturated heterocycles. The first-order valence-electron chi connectivity index (χ1n) is 9.28. The molecular weight excluding hydrogens is 332 g/mol. The van der Waals surface area contributed by atoms with E-state index in [1.807, 2.05) is 7.05 Å². The van der Waals surface area contributed by atoms with Crippen molar-refractivity contribution in [2.75, 3.05) is 32.9 Å². The molecule has 0 aromatic carbocycles. The Kier molecular flexibility index (Phi) is 7.16. The first-order valence-corrected chi connectivity index (χ1v) is 10.5. The van der Waals surface area contributed by atoms with E-state index in [0.29, 0.717) is 11.3 Å². The number of aliphatic imine (C=N–C) groups is 1. The molecule has 0 saturated carbocycles. The third-order valence-electron chi connectivity index (χ3n) is 4.57. The van der Waals surface area contributed by atoms with E-state index in [0.717, 1.165) is 56.0 Å². The lowest BCUT2D eigenvalue weighted by Gasteiger charge is -2.23. The van der Waals surface area contributed by atoms with Crippen molar-refractivity contribution in [3.8, 4) is 0 Å². The lowest BCUT2D eigenvalue weighted by Crippen LogP contribution is -2.41. The average Bonchev–Trinajstić information content (AvgIpc) is 3.10. The number of aromatic nitrogens is 3. The molecule has 0 atom stereocenters. The Balaban J connectivity index is 1.84. The third-order valence-corrected chi connectivity index (χ3v) is 5.24. The molecule has 0 aliphatic carbocycles. The van der Waals surface area contributed by atoms with Gasteiger partial charge < -0.3 is 14.8 Å². The van der Waals surface area contributed by atoms with Crippen molar-refractivity contribution in [1.82, 2.24) is 25.0 Å². The predicted molar refractivity (Wildman–Crippen MR) is 106 cm³/mol. The Bertz CT molecular complexity index is 578. The number of hydrogen-bond acceptors (Lipinski definition) is 4. The van der Waals surface area contributed by atoms with Gasteiger partial charge >= 0.3 is 0 Å². The van der Waals surface area contributed by atoms with Gasteiger partial charge in [0.1, 0.15) is 5.82 Å². The summed E-state index contributed by atoms with van der Waals surface area (Å²) < 4.78 is 2.27. The van der Waals surface area contributed by atoms with Crippen LogP contribution < -0.4 is 5.32 Å². The van der Waals surface area contributed by atoms with Crippen LogP contribution in [0.5, 0.6) is 0 Å². The summed E-state index contributed by atoms with van der Waals surface area (Å²) in [6.07, 6.45) is 5.26. The fourth-order valence-electron chi connectivity index (χ4n) is 3.28. The number of aryl methyl sites for hydroxylation is 1. The normalized spacial score (nSPS) is 17.6. The van der Waals surface area contributed by atoms with E-state index in [2.05, 4.69) is 63.9 Å². The Hall–Kier alpha value is -1.24. The van der Waals surface area contributed by atoms with E-state index >= 15 is 0 Å². The van der Waals surface area contributed by atoms with Crippen molar-refractivity contribution in [3.05, 3.63) is 5.82 Å². The number of hydrogen-bond donors (Lipinski definition) is 1. The fourth-order valence-corrected chi connectivity index (χ4v) is 3.80. The van der Waals surface area contributed by atoms with Crippen LogP contribution in [-0.4, -0.2) is 58.6 Å². The van der Waals surface area contributed by atoms with Crippen LogP contribution in [0.1, 0.15) is 46.4 Å². The fraction of sp³-hybridized carbons (Fsp3) is 0.833. The number of likely N-dealkylation sites (tertiary alicyclic amines) is 1. The second kappa shape index (κ2) is 8.92. The monoisotopic (exact) mass is 366 g/mol. The van der Waals surface area contributed by atoms with Crippen molar-refractivity contribution in [2.45, 2.75) is 58.7 Å². The van der Waals surface area contributed by atoms with Crippen LogP contribution in [0, 0.1) is 11.3 Å². The highest BCUT2D eigenvalue weighted by Crippen LogP contribution is 2.28. The zero-order valence-corrected chi connectivity index (χ0v) is 17.5. The lowest BCUT2D eigenvalue weighted by atomic mass is 9.93. The zero-order valence-electron chi connectivity index (χ0n) is 16.7. The molecular formula is C18H34N6S. The van der Waals surface area contributed by atoms with Gasteiger partial charge in [0.25, 0.3) is 0 Å². The van der Waals surface area contributed by atoms with Gasteiger partial charge in [0.05, 0.1) is 0 Å². The summed E-state index contributed by atoms with van der Waals surface area (Å²) in [5.74, 6) is 2.72. The van der Waals surface area contributed by atoms with Gasteiger partial charge in [-0.2, -0.15) is 0 Å². The van der Waals surface area contributed by atoms with E-state index in [1.54, 1.807) is 11.8 Å². The standard InChI is InChI=1S/C18H34N6S/c1-14(2)12-24-15(21-22-17(24)25-6)8-7-10-20-16(19-5)23-11-9-18(3,4)13-23/h14H,7-13H2,1-6H3,(H,19,20). The maximum absolute atomic E-state index is 4.45. The van der Waals surface area contributed by atoms with Crippen LogP contribution in [0.25, 0.3) is 0 Å². The summed E-state index contributed by atoms with van der Waals surface area (Å²) in [7, 11) is 1.87. The molecule has 7 heteroatoms. The lowest BCUT2D eigenvalue weighted by molar-refractivity contribution is 0.370. The molecule has 1 aromatic rings. The Morgan fingerprint density at radius 2 is 2.12 bits per heavy atom. The summed E-state index contributed by atoms with van der Waals surface area (Å²) in [5.41, 5.74) is 0.388. The third kappa shape index (κ3) is 5.62. The number of rotatable bonds is 7. The van der Waals surface area contributed by atoms with E-state index < -0.39 is 0 Å². The number of thioether (sulfide) groups is 1. The Morgan fingerprint density at radius 3 is 2.68 bits per heavy atom. The molecule has 1 aromatic heterocycles. The molecule has 0 amide bonds. The smallest absolute Gasteiger partial charge is 0.193 e. The number of nitrogens with zero attached hydrogens (tertiary/aromatic N) is 5. The summed E-state index contributed by atoms with van der Waals surface area (Å²) in [5, 5.41) is 13.3. The minimum atomic E-state index is 0.388. The average molecular weight is 367 g/mol. The molecule has 6 nitrogen and oxygen atoms in total. The van der Waals surface area contributed by atoms with E-state index in [-0.39, 0.29) is 0 Å². The molecule has 1 fully saturated rings. The molecule has 0 radical (unpaired) electrons. The molecule has 1 aliphatic rings. The molecule has 0 spiro atoms. The highest BCUT2D eigenvalue weighted by Gasteiger charge is 2.30. The van der Waals surface area contributed by atoms with Crippen LogP contribution in [0.2, 0.25) is 0 Å².